The van der Waals surface area contributed by atoms with Crippen molar-refractivity contribution in [3.8, 4) is 11.5 Å². The first kappa shape index (κ1) is 16.9. The third kappa shape index (κ3) is 3.16. The van der Waals surface area contributed by atoms with Gasteiger partial charge in [0.1, 0.15) is 5.70 Å². The van der Waals surface area contributed by atoms with Gasteiger partial charge < -0.3 is 14.8 Å². The molecule has 3 rings (SSSR count). The molecule has 1 N–H and O–H groups in total. The number of carbonyl (C=O) groups excluding carboxylic acids is 2. The van der Waals surface area contributed by atoms with Gasteiger partial charge in [-0.05, 0) is 35.9 Å². The minimum absolute atomic E-state index is 0.150. The van der Waals surface area contributed by atoms with Gasteiger partial charge in [0.05, 0.1) is 24.9 Å². The predicted molar refractivity (Wildman–Crippen MR) is 95.0 cm³/mol. The standard InChI is InChI=1S/C18H15ClN2O4/c1-24-15-10-11(8-13(19)16(15)25-2)9-14-17(22)21(18(23)20-14)12-6-4-3-5-7-12/h3-10H,1-2H3,(H,20,23). The van der Waals surface area contributed by atoms with E-state index in [1.165, 1.54) is 20.3 Å². The molecule has 128 valence electrons. The molecule has 1 saturated heterocycles. The van der Waals surface area contributed by atoms with Gasteiger partial charge in [0.2, 0.25) is 0 Å². The van der Waals surface area contributed by atoms with E-state index < -0.39 is 11.9 Å². The second-order valence-electron chi connectivity index (χ2n) is 5.20. The maximum atomic E-state index is 12.6. The van der Waals surface area contributed by atoms with Crippen molar-refractivity contribution in [3.05, 3.63) is 58.7 Å². The lowest BCUT2D eigenvalue weighted by atomic mass is 10.1. The van der Waals surface area contributed by atoms with Gasteiger partial charge in [-0.1, -0.05) is 29.8 Å². The largest absolute Gasteiger partial charge is 0.493 e. The summed E-state index contributed by atoms with van der Waals surface area (Å²) in [6.45, 7) is 0. The number of nitrogens with zero attached hydrogens (tertiary/aromatic N) is 1. The third-order valence-corrected chi connectivity index (χ3v) is 3.94. The molecule has 1 aliphatic rings. The number of ether oxygens (including phenoxy) is 2. The van der Waals surface area contributed by atoms with Crippen LogP contribution in [0.2, 0.25) is 5.02 Å². The lowest BCUT2D eigenvalue weighted by Gasteiger charge is -2.11. The minimum atomic E-state index is -0.506. The Kier molecular flexibility index (Phi) is 4.63. The molecule has 7 heteroatoms. The second-order valence-corrected chi connectivity index (χ2v) is 5.61. The molecule has 1 heterocycles. The minimum Gasteiger partial charge on any atom is -0.493 e. The molecule has 0 saturated carbocycles. The number of para-hydroxylation sites is 1. The number of hydrogen-bond donors (Lipinski definition) is 1. The molecule has 0 unspecified atom stereocenters. The summed E-state index contributed by atoms with van der Waals surface area (Å²) in [5.74, 6) is 0.389. The van der Waals surface area contributed by atoms with E-state index >= 15 is 0 Å². The number of anilines is 1. The van der Waals surface area contributed by atoms with Crippen LogP contribution in [0.15, 0.2) is 48.2 Å². The topological polar surface area (TPSA) is 67.9 Å². The summed E-state index contributed by atoms with van der Waals surface area (Å²) in [7, 11) is 2.98. The highest BCUT2D eigenvalue weighted by Crippen LogP contribution is 2.36. The number of hydrogen-bond acceptors (Lipinski definition) is 4. The molecule has 0 aliphatic carbocycles. The van der Waals surface area contributed by atoms with Crippen molar-refractivity contribution >= 4 is 35.3 Å². The first-order valence-electron chi connectivity index (χ1n) is 7.39. The summed E-state index contributed by atoms with van der Waals surface area (Å²) < 4.78 is 10.4. The Morgan fingerprint density at radius 2 is 1.80 bits per heavy atom. The van der Waals surface area contributed by atoms with Crippen LogP contribution < -0.4 is 19.7 Å². The summed E-state index contributed by atoms with van der Waals surface area (Å²) in [6, 6.07) is 11.5. The van der Waals surface area contributed by atoms with Gasteiger partial charge >= 0.3 is 6.03 Å². The molecule has 0 aromatic heterocycles. The molecule has 0 bridgehead atoms. The van der Waals surface area contributed by atoms with Gasteiger partial charge in [0.15, 0.2) is 11.5 Å². The third-order valence-electron chi connectivity index (χ3n) is 3.66. The van der Waals surface area contributed by atoms with Gasteiger partial charge in [-0.15, -0.1) is 0 Å². The van der Waals surface area contributed by atoms with E-state index in [0.717, 1.165) is 4.90 Å². The van der Waals surface area contributed by atoms with Crippen molar-refractivity contribution in [1.82, 2.24) is 5.32 Å². The summed E-state index contributed by atoms with van der Waals surface area (Å²) in [5.41, 5.74) is 1.25. The average molecular weight is 359 g/mol. The molecule has 0 spiro atoms. The molecule has 2 aromatic carbocycles. The van der Waals surface area contributed by atoms with Crippen LogP contribution in [0.1, 0.15) is 5.56 Å². The van der Waals surface area contributed by atoms with E-state index in [1.54, 1.807) is 36.4 Å². The van der Waals surface area contributed by atoms with Gasteiger partial charge in [-0.2, -0.15) is 0 Å². The Morgan fingerprint density at radius 1 is 1.08 bits per heavy atom. The number of amides is 3. The van der Waals surface area contributed by atoms with Crippen LogP contribution in [0.4, 0.5) is 10.5 Å². The molecular weight excluding hydrogens is 344 g/mol. The number of nitrogens with one attached hydrogen (secondary N) is 1. The fourth-order valence-electron chi connectivity index (χ4n) is 2.53. The molecule has 25 heavy (non-hydrogen) atoms. The number of carbonyl (C=O) groups is 2. The number of halogens is 1. The normalized spacial score (nSPS) is 15.5. The van der Waals surface area contributed by atoms with Crippen molar-refractivity contribution in [2.75, 3.05) is 19.1 Å². The van der Waals surface area contributed by atoms with Gasteiger partial charge in [-0.3, -0.25) is 4.79 Å². The highest BCUT2D eigenvalue weighted by Gasteiger charge is 2.34. The Labute approximate surface area is 149 Å². The number of urea groups is 1. The van der Waals surface area contributed by atoms with E-state index in [0.29, 0.717) is 27.8 Å². The zero-order chi connectivity index (χ0) is 18.0. The first-order chi connectivity index (χ1) is 12.0. The lowest BCUT2D eigenvalue weighted by molar-refractivity contribution is -0.113. The predicted octanol–water partition coefficient (Wildman–Crippen LogP) is 3.45. The van der Waals surface area contributed by atoms with Crippen LogP contribution in [0.25, 0.3) is 6.08 Å². The molecule has 6 nitrogen and oxygen atoms in total. The molecule has 1 aliphatic heterocycles. The molecule has 3 amide bonds. The van der Waals surface area contributed by atoms with E-state index in [-0.39, 0.29) is 5.70 Å². The maximum absolute atomic E-state index is 12.6. The molecular formula is C18H15ClN2O4. The van der Waals surface area contributed by atoms with Crippen molar-refractivity contribution in [2.45, 2.75) is 0 Å². The van der Waals surface area contributed by atoms with Gasteiger partial charge in [0, 0.05) is 0 Å². The van der Waals surface area contributed by atoms with Crippen LogP contribution in [0.3, 0.4) is 0 Å². The van der Waals surface area contributed by atoms with Crippen molar-refractivity contribution in [1.29, 1.82) is 0 Å². The lowest BCUT2D eigenvalue weighted by Crippen LogP contribution is -2.30. The van der Waals surface area contributed by atoms with Crippen molar-refractivity contribution in [2.24, 2.45) is 0 Å². The van der Waals surface area contributed by atoms with E-state index in [4.69, 9.17) is 21.1 Å². The van der Waals surface area contributed by atoms with Crippen LogP contribution in [-0.2, 0) is 4.79 Å². The zero-order valence-corrected chi connectivity index (χ0v) is 14.3. The Bertz CT molecular complexity index is 865. The fraction of sp³-hybridized carbons (Fsp3) is 0.111. The van der Waals surface area contributed by atoms with Crippen LogP contribution >= 0.6 is 11.6 Å². The summed E-state index contributed by atoms with van der Waals surface area (Å²) in [4.78, 5) is 25.8. The molecule has 1 fully saturated rings. The van der Waals surface area contributed by atoms with Crippen LogP contribution in [-0.4, -0.2) is 26.2 Å². The number of imide groups is 1. The molecule has 0 radical (unpaired) electrons. The Balaban J connectivity index is 1.96. The van der Waals surface area contributed by atoms with E-state index in [9.17, 15) is 9.59 Å². The average Bonchev–Trinajstić information content (AvgIpc) is 2.88. The molecule has 0 atom stereocenters. The van der Waals surface area contributed by atoms with Crippen molar-refractivity contribution < 1.29 is 19.1 Å². The van der Waals surface area contributed by atoms with E-state index in [2.05, 4.69) is 5.32 Å². The number of methoxy groups -OCH3 is 2. The summed E-state index contributed by atoms with van der Waals surface area (Å²) >= 11 is 6.17. The Hall–Kier alpha value is -2.99. The quantitative estimate of drug-likeness (QED) is 0.671. The highest BCUT2D eigenvalue weighted by molar-refractivity contribution is 6.32. The molecule has 2 aromatic rings. The van der Waals surface area contributed by atoms with Gasteiger partial charge in [0.25, 0.3) is 5.91 Å². The number of benzene rings is 2. The van der Waals surface area contributed by atoms with Gasteiger partial charge in [-0.25, -0.2) is 9.69 Å². The van der Waals surface area contributed by atoms with E-state index in [1.807, 2.05) is 6.07 Å². The zero-order valence-electron chi connectivity index (χ0n) is 13.6. The summed E-state index contributed by atoms with van der Waals surface area (Å²) in [6.07, 6.45) is 1.54. The monoisotopic (exact) mass is 358 g/mol. The van der Waals surface area contributed by atoms with Crippen molar-refractivity contribution in [3.63, 3.8) is 0 Å². The highest BCUT2D eigenvalue weighted by atomic mass is 35.5. The summed E-state index contributed by atoms with van der Waals surface area (Å²) in [5, 5.41) is 2.91. The maximum Gasteiger partial charge on any atom is 0.333 e. The fourth-order valence-corrected chi connectivity index (χ4v) is 2.83. The van der Waals surface area contributed by atoms with Crippen LogP contribution in [0.5, 0.6) is 11.5 Å². The smallest absolute Gasteiger partial charge is 0.333 e. The number of rotatable bonds is 4. The van der Waals surface area contributed by atoms with Crippen LogP contribution in [0, 0.1) is 0 Å². The second kappa shape index (κ2) is 6.86. The Morgan fingerprint density at radius 3 is 2.44 bits per heavy atom. The SMILES string of the molecule is COc1cc(C=C2NC(=O)N(c3ccccc3)C2=O)cc(Cl)c1OC. The first-order valence-corrected chi connectivity index (χ1v) is 7.76.